The van der Waals surface area contributed by atoms with Crippen molar-refractivity contribution >= 4 is 17.3 Å². The summed E-state index contributed by atoms with van der Waals surface area (Å²) < 4.78 is 14.9. The summed E-state index contributed by atoms with van der Waals surface area (Å²) in [5.74, 6) is -0.763. The maximum absolute atomic E-state index is 13.5. The lowest BCUT2D eigenvalue weighted by molar-refractivity contribution is 0.101. The molecular formula is C14H17FN4O. The monoisotopic (exact) mass is 276 g/mol. The number of hydrogen-bond acceptors (Lipinski definition) is 3. The van der Waals surface area contributed by atoms with Gasteiger partial charge in [0.1, 0.15) is 11.5 Å². The van der Waals surface area contributed by atoms with Gasteiger partial charge in [-0.1, -0.05) is 13.0 Å². The van der Waals surface area contributed by atoms with Crippen LogP contribution in [0.5, 0.6) is 0 Å². The number of amides is 1. The van der Waals surface area contributed by atoms with Crippen molar-refractivity contribution in [3.05, 3.63) is 41.0 Å². The number of carbonyl (C=O) groups excluding carboxylic acids is 1. The first-order valence-corrected chi connectivity index (χ1v) is 6.33. The maximum Gasteiger partial charge on any atom is 0.276 e. The molecule has 0 spiro atoms. The molecule has 0 aliphatic rings. The van der Waals surface area contributed by atoms with Gasteiger partial charge in [0.05, 0.1) is 11.4 Å². The molecule has 2 rings (SSSR count). The number of nitrogens with two attached hydrogens (primary N) is 1. The van der Waals surface area contributed by atoms with Crippen LogP contribution in [0.4, 0.5) is 15.8 Å². The summed E-state index contributed by atoms with van der Waals surface area (Å²) in [6.45, 7) is 3.52. The van der Waals surface area contributed by atoms with Gasteiger partial charge in [-0.25, -0.2) is 4.39 Å². The normalized spacial score (nSPS) is 10.6. The van der Waals surface area contributed by atoms with Gasteiger partial charge in [0.25, 0.3) is 5.91 Å². The topological polar surface area (TPSA) is 72.9 Å². The third kappa shape index (κ3) is 2.36. The van der Waals surface area contributed by atoms with Crippen LogP contribution >= 0.6 is 0 Å². The van der Waals surface area contributed by atoms with Crippen LogP contribution in [0, 0.1) is 12.7 Å². The maximum atomic E-state index is 13.5. The Balaban J connectivity index is 2.33. The average molecular weight is 276 g/mol. The van der Waals surface area contributed by atoms with Crippen molar-refractivity contribution in [2.24, 2.45) is 7.05 Å². The van der Waals surface area contributed by atoms with Crippen molar-refractivity contribution in [1.82, 2.24) is 9.78 Å². The van der Waals surface area contributed by atoms with E-state index in [-0.39, 0.29) is 11.5 Å². The van der Waals surface area contributed by atoms with E-state index in [2.05, 4.69) is 10.4 Å². The fraction of sp³-hybridized carbons (Fsp3) is 0.286. The molecule has 106 valence electrons. The molecule has 5 nitrogen and oxygen atoms in total. The second-order valence-electron chi connectivity index (χ2n) is 4.55. The lowest BCUT2D eigenvalue weighted by Gasteiger charge is -2.09. The van der Waals surface area contributed by atoms with Crippen LogP contribution in [-0.2, 0) is 13.5 Å². The van der Waals surface area contributed by atoms with Crippen LogP contribution in [0.25, 0.3) is 0 Å². The van der Waals surface area contributed by atoms with Crippen molar-refractivity contribution < 1.29 is 9.18 Å². The Kier molecular flexibility index (Phi) is 3.74. The molecule has 0 atom stereocenters. The van der Waals surface area contributed by atoms with Crippen molar-refractivity contribution in [1.29, 1.82) is 0 Å². The third-order valence-corrected chi connectivity index (χ3v) is 3.23. The number of nitrogen functional groups attached to an aromatic ring is 1. The number of rotatable bonds is 3. The predicted molar refractivity (Wildman–Crippen MR) is 76.1 cm³/mol. The number of carbonyl (C=O) groups is 1. The Labute approximate surface area is 116 Å². The zero-order valence-electron chi connectivity index (χ0n) is 11.7. The third-order valence-electron chi connectivity index (χ3n) is 3.23. The lowest BCUT2D eigenvalue weighted by Crippen LogP contribution is -2.18. The summed E-state index contributed by atoms with van der Waals surface area (Å²) in [4.78, 5) is 12.3. The molecule has 3 N–H and O–H groups in total. The highest BCUT2D eigenvalue weighted by atomic mass is 19.1. The van der Waals surface area contributed by atoms with Crippen LogP contribution in [0.1, 0.15) is 28.7 Å². The standard InChI is InChI=1S/C14H17FN4O/c1-4-10-12(16)13(19(3)18-10)14(20)17-11-7-5-6-9(15)8(11)2/h5-7H,4,16H2,1-3H3,(H,17,20). The fourth-order valence-electron chi connectivity index (χ4n) is 2.05. The van der Waals surface area contributed by atoms with Crippen LogP contribution < -0.4 is 11.1 Å². The number of halogens is 1. The molecule has 0 aliphatic carbocycles. The van der Waals surface area contributed by atoms with E-state index in [0.717, 1.165) is 0 Å². The summed E-state index contributed by atoms with van der Waals surface area (Å²) in [6.07, 6.45) is 0.645. The van der Waals surface area contributed by atoms with E-state index >= 15 is 0 Å². The van der Waals surface area contributed by atoms with Gasteiger partial charge in [0, 0.05) is 18.3 Å². The van der Waals surface area contributed by atoms with Gasteiger partial charge < -0.3 is 11.1 Å². The average Bonchev–Trinajstić information content (AvgIpc) is 2.69. The summed E-state index contributed by atoms with van der Waals surface area (Å²) >= 11 is 0. The first-order valence-electron chi connectivity index (χ1n) is 6.33. The van der Waals surface area contributed by atoms with Crippen LogP contribution in [0.3, 0.4) is 0 Å². The molecule has 0 unspecified atom stereocenters. The van der Waals surface area contributed by atoms with E-state index < -0.39 is 5.91 Å². The van der Waals surface area contributed by atoms with Gasteiger partial charge >= 0.3 is 0 Å². The number of benzene rings is 1. The quantitative estimate of drug-likeness (QED) is 0.903. The number of hydrogen-bond donors (Lipinski definition) is 2. The molecule has 0 aliphatic heterocycles. The number of anilines is 2. The number of nitrogens with one attached hydrogen (secondary N) is 1. The Hall–Kier alpha value is -2.37. The predicted octanol–water partition coefficient (Wildman–Crippen LogP) is 2.26. The fourth-order valence-corrected chi connectivity index (χ4v) is 2.05. The van der Waals surface area contributed by atoms with Gasteiger partial charge in [-0.15, -0.1) is 0 Å². The summed E-state index contributed by atoms with van der Waals surface area (Å²) in [7, 11) is 1.66. The van der Waals surface area contributed by atoms with E-state index in [1.54, 1.807) is 26.1 Å². The van der Waals surface area contributed by atoms with Gasteiger partial charge in [-0.3, -0.25) is 9.48 Å². The van der Waals surface area contributed by atoms with Gasteiger partial charge in [-0.05, 0) is 25.5 Å². The van der Waals surface area contributed by atoms with E-state index in [4.69, 9.17) is 5.73 Å². The van der Waals surface area contributed by atoms with Gasteiger partial charge in [-0.2, -0.15) is 5.10 Å². The lowest BCUT2D eigenvalue weighted by atomic mass is 10.2. The minimum atomic E-state index is -0.397. The highest BCUT2D eigenvalue weighted by molar-refractivity contribution is 6.07. The highest BCUT2D eigenvalue weighted by Gasteiger charge is 2.19. The largest absolute Gasteiger partial charge is 0.395 e. The summed E-state index contributed by atoms with van der Waals surface area (Å²) in [5, 5.41) is 6.85. The number of aryl methyl sites for hydroxylation is 2. The minimum Gasteiger partial charge on any atom is -0.395 e. The van der Waals surface area contributed by atoms with Crippen molar-refractivity contribution in [3.8, 4) is 0 Å². The highest BCUT2D eigenvalue weighted by Crippen LogP contribution is 2.21. The Morgan fingerprint density at radius 2 is 2.20 bits per heavy atom. The molecule has 0 fully saturated rings. The molecule has 20 heavy (non-hydrogen) atoms. The first kappa shape index (κ1) is 14.0. The zero-order valence-corrected chi connectivity index (χ0v) is 11.7. The molecule has 0 saturated heterocycles. The van der Waals surface area contributed by atoms with Gasteiger partial charge in [0.2, 0.25) is 0 Å². The Bertz CT molecular complexity index is 663. The van der Waals surface area contributed by atoms with E-state index in [1.807, 2.05) is 6.92 Å². The number of aromatic nitrogens is 2. The second-order valence-corrected chi connectivity index (χ2v) is 4.55. The summed E-state index contributed by atoms with van der Waals surface area (Å²) in [5.41, 5.74) is 8.05. The van der Waals surface area contributed by atoms with Crippen molar-refractivity contribution in [3.63, 3.8) is 0 Å². The molecule has 0 saturated carbocycles. The molecule has 1 amide bonds. The van der Waals surface area contributed by atoms with Crippen LogP contribution in [-0.4, -0.2) is 15.7 Å². The van der Waals surface area contributed by atoms with Crippen molar-refractivity contribution in [2.75, 3.05) is 11.1 Å². The molecular weight excluding hydrogens is 259 g/mol. The van der Waals surface area contributed by atoms with E-state index in [1.165, 1.54) is 10.7 Å². The number of nitrogens with zero attached hydrogens (tertiary/aromatic N) is 2. The SMILES string of the molecule is CCc1nn(C)c(C(=O)Nc2cccc(F)c2C)c1N. The van der Waals surface area contributed by atoms with E-state index in [0.29, 0.717) is 29.1 Å². The first-order chi connectivity index (χ1) is 9.45. The second kappa shape index (κ2) is 5.32. The molecule has 0 radical (unpaired) electrons. The zero-order chi connectivity index (χ0) is 14.9. The van der Waals surface area contributed by atoms with Crippen LogP contribution in [0.2, 0.25) is 0 Å². The summed E-state index contributed by atoms with van der Waals surface area (Å²) in [6, 6.07) is 4.53. The van der Waals surface area contributed by atoms with Gasteiger partial charge in [0.15, 0.2) is 0 Å². The molecule has 1 heterocycles. The molecule has 0 bridgehead atoms. The molecule has 1 aromatic carbocycles. The van der Waals surface area contributed by atoms with Crippen LogP contribution in [0.15, 0.2) is 18.2 Å². The molecule has 6 heteroatoms. The Morgan fingerprint density at radius 1 is 1.50 bits per heavy atom. The molecule has 2 aromatic rings. The van der Waals surface area contributed by atoms with Crippen molar-refractivity contribution in [2.45, 2.75) is 20.3 Å². The minimum absolute atomic E-state index is 0.283. The molecule has 1 aromatic heterocycles. The van der Waals surface area contributed by atoms with E-state index in [9.17, 15) is 9.18 Å². The smallest absolute Gasteiger partial charge is 0.276 e. The Morgan fingerprint density at radius 3 is 2.80 bits per heavy atom.